The number of rotatable bonds is 11. The lowest BCUT2D eigenvalue weighted by Gasteiger charge is -2.43. The maximum absolute atomic E-state index is 11.9. The quantitative estimate of drug-likeness (QED) is 0.108. The molecule has 0 aromatic carbocycles. The van der Waals surface area contributed by atoms with Gasteiger partial charge in [-0.3, -0.25) is 4.79 Å². The van der Waals surface area contributed by atoms with E-state index in [1.807, 2.05) is 0 Å². The van der Waals surface area contributed by atoms with Gasteiger partial charge in [0, 0.05) is 18.8 Å². The zero-order valence-electron chi connectivity index (χ0n) is 27.1. The third kappa shape index (κ3) is 7.95. The monoisotopic (exact) mass is 564 g/mol. The van der Waals surface area contributed by atoms with Crippen molar-refractivity contribution >= 4 is 22.6 Å². The predicted molar refractivity (Wildman–Crippen MR) is 166 cm³/mol. The van der Waals surface area contributed by atoms with E-state index in [4.69, 9.17) is 13.6 Å². The third-order valence-electron chi connectivity index (χ3n) is 10.1. The lowest BCUT2D eigenvalue weighted by molar-refractivity contribution is -0.146. The van der Waals surface area contributed by atoms with Crippen molar-refractivity contribution in [2.45, 2.75) is 155 Å². The lowest BCUT2D eigenvalue weighted by atomic mass is 9.88. The second kappa shape index (κ2) is 12.0. The number of carbonyl (C=O) groups excluding carboxylic acids is 1. The summed E-state index contributed by atoms with van der Waals surface area (Å²) in [7, 11) is -3.95. The predicted octanol–water partition coefficient (Wildman–Crippen LogP) is 9.44. The molecule has 220 valence electrons. The molecule has 0 aromatic rings. The fourth-order valence-corrected chi connectivity index (χ4v) is 8.77. The van der Waals surface area contributed by atoms with Crippen LogP contribution in [0.5, 0.6) is 0 Å². The Morgan fingerprint density at radius 2 is 1.55 bits per heavy atom. The normalized spacial score (nSPS) is 28.6. The van der Waals surface area contributed by atoms with Crippen LogP contribution in [0.3, 0.4) is 0 Å². The Balaban J connectivity index is 2.45. The van der Waals surface area contributed by atoms with E-state index in [0.29, 0.717) is 5.92 Å². The van der Waals surface area contributed by atoms with Gasteiger partial charge in [-0.2, -0.15) is 0 Å². The first-order valence-corrected chi connectivity index (χ1v) is 20.9. The molecule has 2 aliphatic rings. The van der Waals surface area contributed by atoms with Crippen molar-refractivity contribution in [2.75, 3.05) is 0 Å². The molecule has 6 heteroatoms. The zero-order valence-corrected chi connectivity index (χ0v) is 29.1. The van der Waals surface area contributed by atoms with E-state index >= 15 is 0 Å². The van der Waals surface area contributed by atoms with Crippen molar-refractivity contribution in [1.82, 2.24) is 0 Å². The van der Waals surface area contributed by atoms with Crippen LogP contribution in [-0.4, -0.2) is 40.4 Å². The molecule has 0 spiro atoms. The molecule has 0 bridgehead atoms. The molecule has 6 atom stereocenters. The van der Waals surface area contributed by atoms with Crippen LogP contribution >= 0.6 is 0 Å². The molecule has 0 heterocycles. The molecule has 0 radical (unpaired) electrons. The van der Waals surface area contributed by atoms with Crippen molar-refractivity contribution in [3.8, 4) is 0 Å². The molecular formula is C32H60O4Si2. The largest absolute Gasteiger partial charge is 0.458 e. The summed E-state index contributed by atoms with van der Waals surface area (Å²) in [4.78, 5) is 11.9. The third-order valence-corrected chi connectivity index (χ3v) is 19.1. The summed E-state index contributed by atoms with van der Waals surface area (Å²) < 4.78 is 20.1. The van der Waals surface area contributed by atoms with E-state index in [0.717, 1.165) is 31.3 Å². The second-order valence-electron chi connectivity index (χ2n) is 15.4. The van der Waals surface area contributed by atoms with Gasteiger partial charge in [0.25, 0.3) is 0 Å². The highest BCUT2D eigenvalue weighted by atomic mass is 28.4. The summed E-state index contributed by atoms with van der Waals surface area (Å²) in [6, 6.07) is 0. The Kier molecular flexibility index (Phi) is 10.6. The van der Waals surface area contributed by atoms with Gasteiger partial charge in [-0.1, -0.05) is 86.5 Å². The average molecular weight is 565 g/mol. The summed E-state index contributed by atoms with van der Waals surface area (Å²) >= 11 is 0. The second-order valence-corrected chi connectivity index (χ2v) is 24.9. The first-order chi connectivity index (χ1) is 17.1. The van der Waals surface area contributed by atoms with Crippen LogP contribution in [0.2, 0.25) is 36.3 Å². The van der Waals surface area contributed by atoms with Gasteiger partial charge >= 0.3 is 5.97 Å². The fourth-order valence-electron chi connectivity index (χ4n) is 5.76. The minimum Gasteiger partial charge on any atom is -0.458 e. The zero-order chi connectivity index (χ0) is 29.3. The number of hydrogen-bond acceptors (Lipinski definition) is 4. The lowest BCUT2D eigenvalue weighted by Crippen LogP contribution is -2.48. The van der Waals surface area contributed by atoms with Gasteiger partial charge in [0.2, 0.25) is 0 Å². The number of unbranched alkanes of at least 4 members (excludes halogenated alkanes) is 2. The number of fused-ring (bicyclic) bond motifs is 1. The standard InChI is InChI=1S/C32H60O4Si2/c1-15-16-17-19-32(10,36-38(13,14)31(7,8)9)20-18-25-26-21-23(2)29(34-24(3)33)27(26)22-28(25)35-37(11,12)30(4,5)6/h18,20,25-29H,2,15-17,19,21-22H2,1,3-14H3/b20-18+/t25-,26+,27-,28+,29?,32?/m0/s1. The van der Waals surface area contributed by atoms with Crippen LogP contribution in [-0.2, 0) is 18.4 Å². The Bertz CT molecular complexity index is 864. The van der Waals surface area contributed by atoms with E-state index in [-0.39, 0.29) is 45.7 Å². The van der Waals surface area contributed by atoms with Crippen LogP contribution in [0.4, 0.5) is 0 Å². The Labute approximate surface area is 237 Å². The number of esters is 1. The Hall–Kier alpha value is -0.696. The van der Waals surface area contributed by atoms with Crippen molar-refractivity contribution in [1.29, 1.82) is 0 Å². The summed E-state index contributed by atoms with van der Waals surface area (Å²) in [6.45, 7) is 33.7. The maximum atomic E-state index is 11.9. The maximum Gasteiger partial charge on any atom is 0.303 e. The van der Waals surface area contributed by atoms with Gasteiger partial charge in [0.05, 0.1) is 11.7 Å². The van der Waals surface area contributed by atoms with Gasteiger partial charge in [-0.15, -0.1) is 0 Å². The van der Waals surface area contributed by atoms with Crippen LogP contribution in [0.1, 0.15) is 101 Å². The molecule has 0 saturated heterocycles. The minimum atomic E-state index is -1.98. The highest BCUT2D eigenvalue weighted by Crippen LogP contribution is 2.54. The van der Waals surface area contributed by atoms with Gasteiger partial charge in [-0.25, -0.2) is 0 Å². The molecule has 2 aliphatic carbocycles. The SMILES string of the molecule is C=C1C[C@@H]2[C@H](/C=C/C(C)(CCCCC)O[Si](C)(C)C(C)(C)C)[C@H](O[Si](C)(C)C(C)(C)C)C[C@@H]2C1OC(C)=O. The number of hydrogen-bond donors (Lipinski definition) is 0. The van der Waals surface area contributed by atoms with E-state index < -0.39 is 16.6 Å². The highest BCUT2D eigenvalue weighted by Gasteiger charge is 2.54. The first kappa shape index (κ1) is 33.5. The molecule has 38 heavy (non-hydrogen) atoms. The summed E-state index contributed by atoms with van der Waals surface area (Å²) in [5.74, 6) is 0.693. The highest BCUT2D eigenvalue weighted by molar-refractivity contribution is 6.74. The smallest absolute Gasteiger partial charge is 0.303 e. The average Bonchev–Trinajstić information content (AvgIpc) is 3.19. The topological polar surface area (TPSA) is 44.8 Å². The molecule has 4 nitrogen and oxygen atoms in total. The molecule has 0 amide bonds. The van der Waals surface area contributed by atoms with Gasteiger partial charge in [-0.05, 0) is 73.9 Å². The molecule has 2 rings (SSSR count). The van der Waals surface area contributed by atoms with Gasteiger partial charge < -0.3 is 13.6 Å². The summed E-state index contributed by atoms with van der Waals surface area (Å²) in [5.41, 5.74) is 0.755. The molecule has 2 unspecified atom stereocenters. The first-order valence-electron chi connectivity index (χ1n) is 15.1. The Morgan fingerprint density at radius 3 is 2.05 bits per heavy atom. The summed E-state index contributed by atoms with van der Waals surface area (Å²) in [6.07, 6.45) is 11.2. The summed E-state index contributed by atoms with van der Waals surface area (Å²) in [5, 5.41) is 0.289. The molecule has 2 saturated carbocycles. The van der Waals surface area contributed by atoms with Gasteiger partial charge in [0.15, 0.2) is 16.6 Å². The Morgan fingerprint density at radius 1 is 0.974 bits per heavy atom. The van der Waals surface area contributed by atoms with Crippen molar-refractivity contribution in [2.24, 2.45) is 17.8 Å². The molecule has 2 fully saturated rings. The minimum absolute atomic E-state index is 0.126. The van der Waals surface area contributed by atoms with E-state index in [1.165, 1.54) is 19.8 Å². The molecule has 0 N–H and O–H groups in total. The van der Waals surface area contributed by atoms with Gasteiger partial charge in [0.1, 0.15) is 6.10 Å². The number of ether oxygens (including phenoxy) is 1. The van der Waals surface area contributed by atoms with Crippen molar-refractivity contribution < 1.29 is 18.4 Å². The number of carbonyl (C=O) groups is 1. The van der Waals surface area contributed by atoms with Crippen LogP contribution in [0.15, 0.2) is 24.3 Å². The van der Waals surface area contributed by atoms with E-state index in [2.05, 4.69) is 100 Å². The van der Waals surface area contributed by atoms with E-state index in [9.17, 15) is 4.79 Å². The molecule has 0 aromatic heterocycles. The van der Waals surface area contributed by atoms with Crippen LogP contribution in [0.25, 0.3) is 0 Å². The van der Waals surface area contributed by atoms with Crippen molar-refractivity contribution in [3.05, 3.63) is 24.3 Å². The molecular weight excluding hydrogens is 505 g/mol. The van der Waals surface area contributed by atoms with Crippen molar-refractivity contribution in [3.63, 3.8) is 0 Å². The van der Waals surface area contributed by atoms with Crippen LogP contribution < -0.4 is 0 Å². The molecule has 0 aliphatic heterocycles. The fraction of sp³-hybridized carbons (Fsp3) is 0.844. The van der Waals surface area contributed by atoms with Crippen LogP contribution in [0, 0.1) is 17.8 Å². The van der Waals surface area contributed by atoms with E-state index in [1.54, 1.807) is 0 Å².